The molecular formula is C10H18O2. The van der Waals surface area contributed by atoms with E-state index in [1.54, 1.807) is 13.8 Å². The van der Waals surface area contributed by atoms with E-state index < -0.39 is 0 Å². The maximum atomic E-state index is 10.8. The van der Waals surface area contributed by atoms with Gasteiger partial charge in [0.1, 0.15) is 11.6 Å². The van der Waals surface area contributed by atoms with E-state index >= 15 is 0 Å². The van der Waals surface area contributed by atoms with Crippen LogP contribution in [0.4, 0.5) is 0 Å². The third-order valence-electron chi connectivity index (χ3n) is 2.19. The number of ketones is 2. The molecule has 0 fully saturated rings. The van der Waals surface area contributed by atoms with Gasteiger partial charge in [-0.25, -0.2) is 0 Å². The van der Waals surface area contributed by atoms with Crippen molar-refractivity contribution in [1.29, 1.82) is 0 Å². The van der Waals surface area contributed by atoms with Gasteiger partial charge in [0.05, 0.1) is 0 Å². The third kappa shape index (κ3) is 5.05. The Labute approximate surface area is 74.3 Å². The molecule has 2 nitrogen and oxygen atoms in total. The van der Waals surface area contributed by atoms with E-state index in [2.05, 4.69) is 0 Å². The van der Waals surface area contributed by atoms with Crippen molar-refractivity contribution in [1.82, 2.24) is 0 Å². The van der Waals surface area contributed by atoms with Crippen molar-refractivity contribution in [3.8, 4) is 0 Å². The van der Waals surface area contributed by atoms with Crippen LogP contribution in [0, 0.1) is 11.8 Å². The average molecular weight is 170 g/mol. The third-order valence-corrected chi connectivity index (χ3v) is 2.19. The average Bonchev–Trinajstić information content (AvgIpc) is 1.84. The molecule has 0 rings (SSSR count). The zero-order valence-electron chi connectivity index (χ0n) is 8.39. The quantitative estimate of drug-likeness (QED) is 0.634. The Morgan fingerprint density at radius 3 is 1.33 bits per heavy atom. The second-order valence-electron chi connectivity index (χ2n) is 3.77. The van der Waals surface area contributed by atoms with E-state index in [1.165, 1.54) is 0 Å². The fraction of sp³-hybridized carbons (Fsp3) is 0.800. The summed E-state index contributed by atoms with van der Waals surface area (Å²) in [6.45, 7) is 7.23. The van der Waals surface area contributed by atoms with Crippen molar-refractivity contribution in [2.24, 2.45) is 11.8 Å². The van der Waals surface area contributed by atoms with Crippen LogP contribution in [0.3, 0.4) is 0 Å². The summed E-state index contributed by atoms with van der Waals surface area (Å²) in [5.74, 6) is 1.06. The smallest absolute Gasteiger partial charge is 0.130 e. The lowest BCUT2D eigenvalue weighted by atomic mass is 9.88. The number of rotatable bonds is 5. The number of hydrogen-bond acceptors (Lipinski definition) is 2. The first kappa shape index (κ1) is 11.3. The van der Waals surface area contributed by atoms with Crippen molar-refractivity contribution in [2.75, 3.05) is 0 Å². The van der Waals surface area contributed by atoms with Crippen molar-refractivity contribution in [3.63, 3.8) is 0 Å². The van der Waals surface area contributed by atoms with Crippen LogP contribution >= 0.6 is 0 Å². The van der Waals surface area contributed by atoms with Crippen molar-refractivity contribution in [3.05, 3.63) is 0 Å². The van der Waals surface area contributed by atoms with E-state index in [1.807, 2.05) is 13.8 Å². The van der Waals surface area contributed by atoms with Crippen LogP contribution in [0.15, 0.2) is 0 Å². The number of Topliss-reactive ketones (excluding diaryl/α,β-unsaturated/α-hetero) is 2. The Morgan fingerprint density at radius 2 is 1.17 bits per heavy atom. The number of carbonyl (C=O) groups is 2. The first-order valence-corrected chi connectivity index (χ1v) is 4.42. The lowest BCUT2D eigenvalue weighted by molar-refractivity contribution is -0.120. The van der Waals surface area contributed by atoms with Crippen molar-refractivity contribution >= 4 is 11.6 Å². The summed E-state index contributed by atoms with van der Waals surface area (Å²) < 4.78 is 0. The Balaban J connectivity index is 3.83. The molecule has 0 heterocycles. The predicted octanol–water partition coefficient (Wildman–Crippen LogP) is 2.22. The van der Waals surface area contributed by atoms with Crippen LogP contribution in [-0.4, -0.2) is 11.6 Å². The topological polar surface area (TPSA) is 34.1 Å². The van der Waals surface area contributed by atoms with Gasteiger partial charge in [-0.05, 0) is 25.7 Å². The highest BCUT2D eigenvalue weighted by atomic mass is 16.1. The molecule has 0 saturated carbocycles. The lowest BCUT2D eigenvalue weighted by Crippen LogP contribution is -2.14. The first-order chi connectivity index (χ1) is 5.43. The monoisotopic (exact) mass is 170 g/mol. The molecule has 0 bridgehead atoms. The Kier molecular flexibility index (Phi) is 4.79. The minimum Gasteiger partial charge on any atom is -0.300 e. The van der Waals surface area contributed by atoms with Gasteiger partial charge in [0, 0.05) is 12.8 Å². The molecule has 0 aliphatic carbocycles. The van der Waals surface area contributed by atoms with Crippen LogP contribution in [0.2, 0.25) is 0 Å². The number of carbonyl (C=O) groups excluding carboxylic acids is 2. The molecule has 0 amide bonds. The molecule has 0 spiro atoms. The van der Waals surface area contributed by atoms with Crippen LogP contribution in [0.1, 0.15) is 40.5 Å². The fourth-order valence-electron chi connectivity index (χ4n) is 1.31. The molecule has 0 aromatic heterocycles. The van der Waals surface area contributed by atoms with E-state index in [9.17, 15) is 9.59 Å². The second kappa shape index (κ2) is 5.07. The Hall–Kier alpha value is -0.660. The number of hydrogen-bond donors (Lipinski definition) is 0. The van der Waals surface area contributed by atoms with Gasteiger partial charge >= 0.3 is 0 Å². The summed E-state index contributed by atoms with van der Waals surface area (Å²) >= 11 is 0. The summed E-state index contributed by atoms with van der Waals surface area (Å²) in [5.41, 5.74) is 0. The zero-order valence-corrected chi connectivity index (χ0v) is 8.39. The van der Waals surface area contributed by atoms with Gasteiger partial charge in [-0.15, -0.1) is 0 Å². The molecule has 0 aliphatic heterocycles. The Morgan fingerprint density at radius 1 is 0.917 bits per heavy atom. The standard InChI is InChI=1S/C10H18O2/c1-7(5-9(3)11)8(2)6-10(4)12/h7-8H,5-6H2,1-4H3. The first-order valence-electron chi connectivity index (χ1n) is 4.42. The largest absolute Gasteiger partial charge is 0.300 e. The summed E-state index contributed by atoms with van der Waals surface area (Å²) in [6.07, 6.45) is 1.18. The highest BCUT2D eigenvalue weighted by Gasteiger charge is 2.15. The maximum Gasteiger partial charge on any atom is 0.130 e. The molecule has 2 heteroatoms. The molecule has 2 unspecified atom stereocenters. The van der Waals surface area contributed by atoms with Gasteiger partial charge in [-0.3, -0.25) is 0 Å². The molecule has 0 aliphatic rings. The van der Waals surface area contributed by atoms with Crippen molar-refractivity contribution < 1.29 is 9.59 Å². The van der Waals surface area contributed by atoms with Crippen LogP contribution < -0.4 is 0 Å². The van der Waals surface area contributed by atoms with Gasteiger partial charge in [-0.2, -0.15) is 0 Å². The molecule has 70 valence electrons. The lowest BCUT2D eigenvalue weighted by Gasteiger charge is -2.16. The van der Waals surface area contributed by atoms with E-state index in [0.29, 0.717) is 24.7 Å². The summed E-state index contributed by atoms with van der Waals surface area (Å²) in [6, 6.07) is 0. The van der Waals surface area contributed by atoms with Crippen molar-refractivity contribution in [2.45, 2.75) is 40.5 Å². The highest BCUT2D eigenvalue weighted by molar-refractivity contribution is 5.77. The van der Waals surface area contributed by atoms with Gasteiger partial charge in [0.15, 0.2) is 0 Å². The molecule has 2 atom stereocenters. The van der Waals surface area contributed by atoms with E-state index in [4.69, 9.17) is 0 Å². The highest BCUT2D eigenvalue weighted by Crippen LogP contribution is 2.18. The summed E-state index contributed by atoms with van der Waals surface area (Å²) in [5, 5.41) is 0. The molecule has 0 N–H and O–H groups in total. The van der Waals surface area contributed by atoms with Crippen LogP contribution in [0.5, 0.6) is 0 Å². The second-order valence-corrected chi connectivity index (χ2v) is 3.77. The van der Waals surface area contributed by atoms with Gasteiger partial charge in [0.25, 0.3) is 0 Å². The van der Waals surface area contributed by atoms with E-state index in [0.717, 1.165) is 0 Å². The van der Waals surface area contributed by atoms with Gasteiger partial charge in [0.2, 0.25) is 0 Å². The predicted molar refractivity (Wildman–Crippen MR) is 48.9 cm³/mol. The zero-order chi connectivity index (χ0) is 9.72. The minimum absolute atomic E-state index is 0.206. The molecular weight excluding hydrogens is 152 g/mol. The molecule has 12 heavy (non-hydrogen) atoms. The minimum atomic E-state index is 0.206. The Bertz CT molecular complexity index is 153. The molecule has 0 aromatic carbocycles. The maximum absolute atomic E-state index is 10.8. The fourth-order valence-corrected chi connectivity index (χ4v) is 1.31. The molecule has 0 aromatic rings. The van der Waals surface area contributed by atoms with Crippen LogP contribution in [-0.2, 0) is 9.59 Å². The molecule has 0 radical (unpaired) electrons. The van der Waals surface area contributed by atoms with E-state index in [-0.39, 0.29) is 11.6 Å². The van der Waals surface area contributed by atoms with Crippen LogP contribution in [0.25, 0.3) is 0 Å². The summed E-state index contributed by atoms with van der Waals surface area (Å²) in [4.78, 5) is 21.5. The SMILES string of the molecule is CC(=O)CC(C)C(C)CC(C)=O. The molecule has 0 saturated heterocycles. The van der Waals surface area contributed by atoms with Gasteiger partial charge in [-0.1, -0.05) is 13.8 Å². The normalized spacial score (nSPS) is 15.3. The van der Waals surface area contributed by atoms with Gasteiger partial charge < -0.3 is 9.59 Å². The summed E-state index contributed by atoms with van der Waals surface area (Å²) in [7, 11) is 0.